The fourth-order valence-corrected chi connectivity index (χ4v) is 3.87. The molecule has 0 radical (unpaired) electrons. The second-order valence-electron chi connectivity index (χ2n) is 7.22. The molecule has 1 aromatic carbocycles. The van der Waals surface area contributed by atoms with Crippen LogP contribution in [0, 0.1) is 5.82 Å². The highest BCUT2D eigenvalue weighted by atomic mass is 35.5. The maximum Gasteiger partial charge on any atom is 0.226 e. The number of anilines is 2. The summed E-state index contributed by atoms with van der Waals surface area (Å²) in [6, 6.07) is 5.48. The minimum absolute atomic E-state index is 0.0858. The molecule has 1 aliphatic rings. The number of aromatic nitrogens is 5. The van der Waals surface area contributed by atoms with Gasteiger partial charge >= 0.3 is 0 Å². The molecule has 4 N–H and O–H groups in total. The zero-order valence-corrected chi connectivity index (χ0v) is 17.9. The summed E-state index contributed by atoms with van der Waals surface area (Å²) >= 11 is 11.9. The fourth-order valence-electron chi connectivity index (χ4n) is 3.54. The Hall–Kier alpha value is -2.87. The summed E-state index contributed by atoms with van der Waals surface area (Å²) in [6.45, 7) is -0.357. The third-order valence-electron chi connectivity index (χ3n) is 5.11. The van der Waals surface area contributed by atoms with E-state index in [0.29, 0.717) is 0 Å². The molecule has 5 rings (SSSR count). The Balaban J connectivity index is 1.50. The van der Waals surface area contributed by atoms with Gasteiger partial charge in [-0.15, -0.1) is 0 Å². The van der Waals surface area contributed by atoms with Gasteiger partial charge in [0.25, 0.3) is 0 Å². The number of hydrogen-bond acceptors (Lipinski definition) is 10. The van der Waals surface area contributed by atoms with E-state index in [1.165, 1.54) is 29.1 Å². The molecule has 0 unspecified atom stereocenters. The van der Waals surface area contributed by atoms with E-state index in [4.69, 9.17) is 32.5 Å². The van der Waals surface area contributed by atoms with Crippen LogP contribution in [-0.2, 0) is 11.3 Å². The molecule has 0 spiro atoms. The molecule has 0 bridgehead atoms. The Morgan fingerprint density at radius 2 is 1.97 bits per heavy atom. The van der Waals surface area contributed by atoms with Crippen LogP contribution < -0.4 is 5.32 Å². The van der Waals surface area contributed by atoms with Crippen molar-refractivity contribution in [2.75, 3.05) is 5.32 Å². The third-order valence-corrected chi connectivity index (χ3v) is 5.51. The van der Waals surface area contributed by atoms with Gasteiger partial charge in [0.2, 0.25) is 5.28 Å². The predicted octanol–water partition coefficient (Wildman–Crippen LogP) is 2.49. The first kappa shape index (κ1) is 21.9. The van der Waals surface area contributed by atoms with Crippen molar-refractivity contribution in [2.24, 2.45) is 0 Å². The van der Waals surface area contributed by atoms with E-state index in [-0.39, 0.29) is 51.0 Å². The van der Waals surface area contributed by atoms with Gasteiger partial charge in [-0.3, -0.25) is 4.57 Å². The third kappa shape index (κ3) is 3.90. The number of benzene rings is 1. The monoisotopic (exact) mass is 496 g/mol. The number of rotatable bonds is 5. The molecule has 14 heteroatoms. The Morgan fingerprint density at radius 1 is 1.15 bits per heavy atom. The number of fused-ring (bicyclic) bond motifs is 1. The van der Waals surface area contributed by atoms with Crippen molar-refractivity contribution in [3.8, 4) is 0 Å². The number of ether oxygens (including phenoxy) is 1. The Kier molecular flexibility index (Phi) is 5.64. The van der Waals surface area contributed by atoms with E-state index in [2.05, 4.69) is 25.4 Å². The van der Waals surface area contributed by atoms with E-state index in [0.717, 1.165) is 6.07 Å². The molecule has 0 saturated carbocycles. The molecule has 1 fully saturated rings. The highest BCUT2D eigenvalue weighted by Gasteiger charge is 2.47. The number of hydrogen-bond donors (Lipinski definition) is 4. The van der Waals surface area contributed by atoms with Gasteiger partial charge in [0, 0.05) is 11.1 Å². The summed E-state index contributed by atoms with van der Waals surface area (Å²) in [5, 5.41) is 36.8. The lowest BCUT2D eigenvalue weighted by atomic mass is 10.1. The van der Waals surface area contributed by atoms with Crippen LogP contribution in [0.4, 0.5) is 15.9 Å². The Labute approximate surface area is 194 Å². The molecule has 1 saturated heterocycles. The molecular weight excluding hydrogens is 482 g/mol. The summed E-state index contributed by atoms with van der Waals surface area (Å²) in [4.78, 5) is 12.5. The molecule has 4 aromatic rings. The Morgan fingerprint density at radius 3 is 2.70 bits per heavy atom. The maximum atomic E-state index is 14.3. The van der Waals surface area contributed by atoms with Crippen LogP contribution in [-0.4, -0.2) is 52.2 Å². The van der Waals surface area contributed by atoms with Gasteiger partial charge in [0.05, 0.1) is 18.6 Å². The first-order chi connectivity index (χ1) is 15.9. The van der Waals surface area contributed by atoms with Crippen molar-refractivity contribution in [2.45, 2.75) is 31.1 Å². The SMILES string of the molecule is OCc1cc([C@H]2O[C@@H](n3cnc4c(Nc5ccc(Cl)cc5F)nc(Cl)nc43)[C@H](O)[C@@H]2O)on1. The van der Waals surface area contributed by atoms with Crippen LogP contribution in [0.5, 0.6) is 0 Å². The summed E-state index contributed by atoms with van der Waals surface area (Å²) in [5.41, 5.74) is 0.710. The largest absolute Gasteiger partial charge is 0.390 e. The zero-order chi connectivity index (χ0) is 23.3. The second kappa shape index (κ2) is 8.48. The van der Waals surface area contributed by atoms with Gasteiger partial charge in [0.1, 0.15) is 29.8 Å². The van der Waals surface area contributed by atoms with E-state index in [1.54, 1.807) is 0 Å². The van der Waals surface area contributed by atoms with Crippen LogP contribution in [0.15, 0.2) is 35.1 Å². The van der Waals surface area contributed by atoms with Crippen molar-refractivity contribution >= 4 is 45.9 Å². The molecule has 33 heavy (non-hydrogen) atoms. The van der Waals surface area contributed by atoms with E-state index >= 15 is 0 Å². The molecule has 1 aliphatic heterocycles. The molecule has 4 heterocycles. The quantitative estimate of drug-likeness (QED) is 0.303. The molecule has 3 aromatic heterocycles. The lowest BCUT2D eigenvalue weighted by Crippen LogP contribution is -2.28. The van der Waals surface area contributed by atoms with Crippen LogP contribution in [0.25, 0.3) is 11.2 Å². The molecule has 0 aliphatic carbocycles. The highest BCUT2D eigenvalue weighted by molar-refractivity contribution is 6.30. The predicted molar refractivity (Wildman–Crippen MR) is 112 cm³/mol. The van der Waals surface area contributed by atoms with Gasteiger partial charge in [-0.25, -0.2) is 9.37 Å². The number of imidazole rings is 1. The lowest BCUT2D eigenvalue weighted by Gasteiger charge is -2.16. The fraction of sp³-hybridized carbons (Fsp3) is 0.263. The van der Waals surface area contributed by atoms with Gasteiger partial charge in [0.15, 0.2) is 29.0 Å². The number of aliphatic hydroxyl groups excluding tert-OH is 3. The van der Waals surface area contributed by atoms with Gasteiger partial charge < -0.3 is 29.9 Å². The first-order valence-electron chi connectivity index (χ1n) is 9.56. The van der Waals surface area contributed by atoms with E-state index in [9.17, 15) is 19.7 Å². The maximum absolute atomic E-state index is 14.3. The average Bonchev–Trinajstić information content (AvgIpc) is 3.49. The summed E-state index contributed by atoms with van der Waals surface area (Å²) < 4.78 is 26.5. The van der Waals surface area contributed by atoms with Crippen molar-refractivity contribution < 1.29 is 29.0 Å². The molecule has 11 nitrogen and oxygen atoms in total. The van der Waals surface area contributed by atoms with E-state index < -0.39 is 30.4 Å². The highest BCUT2D eigenvalue weighted by Crippen LogP contribution is 2.40. The minimum Gasteiger partial charge on any atom is -0.390 e. The number of aliphatic hydroxyl groups is 3. The molecule has 172 valence electrons. The molecular formula is C19H15Cl2FN6O5. The van der Waals surface area contributed by atoms with Crippen molar-refractivity contribution in [1.29, 1.82) is 0 Å². The summed E-state index contributed by atoms with van der Waals surface area (Å²) in [7, 11) is 0. The van der Waals surface area contributed by atoms with Crippen LogP contribution in [0.1, 0.15) is 23.8 Å². The molecule has 4 atom stereocenters. The van der Waals surface area contributed by atoms with Gasteiger partial charge in [-0.05, 0) is 29.8 Å². The second-order valence-corrected chi connectivity index (χ2v) is 8.00. The number of halogens is 3. The number of nitrogens with zero attached hydrogens (tertiary/aromatic N) is 5. The smallest absolute Gasteiger partial charge is 0.226 e. The van der Waals surface area contributed by atoms with Gasteiger partial charge in [-0.2, -0.15) is 9.97 Å². The normalized spacial score (nSPS) is 22.8. The van der Waals surface area contributed by atoms with Crippen LogP contribution in [0.2, 0.25) is 10.3 Å². The standard InChI is InChI=1S/C19H15Cl2FN6O5/c20-7-1-2-10(9(22)3-7)24-16-12-17(26-19(21)25-16)28(6-23-12)18-14(31)13(30)15(32-18)11-4-8(5-29)27-33-11/h1-4,6,13-15,18,29-31H,5H2,(H,24,25,26)/t13-,14+,15+,18+/m0/s1. The minimum atomic E-state index is -1.39. The Bertz CT molecular complexity index is 1330. The first-order valence-corrected chi connectivity index (χ1v) is 10.3. The summed E-state index contributed by atoms with van der Waals surface area (Å²) in [5.74, 6) is -0.372. The summed E-state index contributed by atoms with van der Waals surface area (Å²) in [6.07, 6.45) is -3.63. The average molecular weight is 497 g/mol. The van der Waals surface area contributed by atoms with Crippen molar-refractivity contribution in [3.63, 3.8) is 0 Å². The lowest BCUT2D eigenvalue weighted by molar-refractivity contribution is -0.0434. The van der Waals surface area contributed by atoms with Crippen LogP contribution in [0.3, 0.4) is 0 Å². The van der Waals surface area contributed by atoms with Gasteiger partial charge in [-0.1, -0.05) is 16.8 Å². The molecule has 0 amide bonds. The zero-order valence-electron chi connectivity index (χ0n) is 16.4. The van der Waals surface area contributed by atoms with Crippen molar-refractivity contribution in [3.05, 3.63) is 58.2 Å². The van der Waals surface area contributed by atoms with Crippen molar-refractivity contribution in [1.82, 2.24) is 24.7 Å². The topological polar surface area (TPSA) is 152 Å². The van der Waals surface area contributed by atoms with E-state index in [1.807, 2.05) is 0 Å². The van der Waals surface area contributed by atoms with Crippen LogP contribution >= 0.6 is 23.2 Å². The number of nitrogens with one attached hydrogen (secondary N) is 1.